The Balaban J connectivity index is 2.81. The van der Waals surface area contributed by atoms with E-state index in [1.807, 2.05) is 13.0 Å². The molecule has 0 aliphatic heterocycles. The van der Waals surface area contributed by atoms with E-state index in [1.54, 1.807) is 13.3 Å². The number of pyridine rings is 1. The minimum Gasteiger partial charge on any atom is -0.478 e. The van der Waals surface area contributed by atoms with Crippen molar-refractivity contribution in [3.63, 3.8) is 0 Å². The number of methoxy groups -OCH3 is 1. The zero-order valence-electron chi connectivity index (χ0n) is 6.87. The number of hydrogen-bond acceptors (Lipinski definition) is 4. The summed E-state index contributed by atoms with van der Waals surface area (Å²) in [5.74, 6) is 0.480. The summed E-state index contributed by atoms with van der Waals surface area (Å²) in [7, 11) is 1.56. The molecule has 0 spiro atoms. The number of rotatable bonds is 1. The van der Waals surface area contributed by atoms with Crippen molar-refractivity contribution in [3.8, 4) is 5.88 Å². The van der Waals surface area contributed by atoms with E-state index in [0.717, 1.165) is 11.1 Å². The summed E-state index contributed by atoms with van der Waals surface area (Å²) in [6.45, 7) is 1.88. The molecule has 4 nitrogen and oxygen atoms in total. The van der Waals surface area contributed by atoms with Gasteiger partial charge < -0.3 is 9.26 Å². The summed E-state index contributed by atoms with van der Waals surface area (Å²) < 4.78 is 10.0. The lowest BCUT2D eigenvalue weighted by Crippen LogP contribution is -1.86. The molecule has 0 atom stereocenters. The first-order chi connectivity index (χ1) is 5.83. The summed E-state index contributed by atoms with van der Waals surface area (Å²) in [5, 5.41) is 4.76. The van der Waals surface area contributed by atoms with Crippen LogP contribution in [-0.2, 0) is 0 Å². The number of fused-ring (bicyclic) bond motifs is 1. The highest BCUT2D eigenvalue weighted by Crippen LogP contribution is 2.24. The monoisotopic (exact) mass is 164 g/mol. The van der Waals surface area contributed by atoms with Gasteiger partial charge in [-0.2, -0.15) is 0 Å². The Labute approximate surface area is 69.1 Å². The molecule has 0 unspecified atom stereocenters. The molecular formula is C8H8N2O2. The Kier molecular flexibility index (Phi) is 1.46. The lowest BCUT2D eigenvalue weighted by Gasteiger charge is -1.95. The van der Waals surface area contributed by atoms with Crippen LogP contribution in [-0.4, -0.2) is 17.3 Å². The van der Waals surface area contributed by atoms with E-state index in [9.17, 15) is 0 Å². The van der Waals surface area contributed by atoms with Crippen LogP contribution in [0.3, 0.4) is 0 Å². The van der Waals surface area contributed by atoms with Crippen LogP contribution < -0.4 is 4.74 Å². The first-order valence-corrected chi connectivity index (χ1v) is 3.58. The van der Waals surface area contributed by atoms with Gasteiger partial charge in [0.15, 0.2) is 0 Å². The third-order valence-electron chi connectivity index (χ3n) is 1.73. The molecule has 0 fully saturated rings. The minimum absolute atomic E-state index is 0.480. The predicted octanol–water partition coefficient (Wildman–Crippen LogP) is 1.54. The van der Waals surface area contributed by atoms with Crippen molar-refractivity contribution in [3.05, 3.63) is 18.0 Å². The van der Waals surface area contributed by atoms with Gasteiger partial charge in [-0.15, -0.1) is 0 Å². The highest BCUT2D eigenvalue weighted by molar-refractivity contribution is 5.82. The Morgan fingerprint density at radius 3 is 3.08 bits per heavy atom. The van der Waals surface area contributed by atoms with Crippen molar-refractivity contribution in [1.82, 2.24) is 10.1 Å². The molecule has 62 valence electrons. The first kappa shape index (κ1) is 7.09. The second-order valence-electron chi connectivity index (χ2n) is 2.46. The predicted molar refractivity (Wildman–Crippen MR) is 43.1 cm³/mol. The fraction of sp³-hybridized carbons (Fsp3) is 0.250. The van der Waals surface area contributed by atoms with Crippen LogP contribution in [0.25, 0.3) is 11.0 Å². The van der Waals surface area contributed by atoms with Crippen LogP contribution in [0.2, 0.25) is 0 Å². The average molecular weight is 164 g/mol. The molecule has 2 rings (SSSR count). The molecule has 0 amide bonds. The van der Waals surface area contributed by atoms with E-state index in [0.29, 0.717) is 11.5 Å². The molecular weight excluding hydrogens is 156 g/mol. The molecule has 2 heterocycles. The zero-order chi connectivity index (χ0) is 8.55. The maximum Gasteiger partial charge on any atom is 0.260 e. The average Bonchev–Trinajstić information content (AvgIpc) is 2.48. The summed E-state index contributed by atoms with van der Waals surface area (Å²) in [6.07, 6.45) is 1.67. The number of ether oxygens (including phenoxy) is 1. The highest BCUT2D eigenvalue weighted by atomic mass is 16.5. The Morgan fingerprint density at radius 2 is 2.33 bits per heavy atom. The standard InChI is InChI=1S/C8H8N2O2/c1-5-6-3-4-9-8(11-2)7(6)12-10-5/h3-4H,1-2H3. The van der Waals surface area contributed by atoms with Gasteiger partial charge >= 0.3 is 0 Å². The Hall–Kier alpha value is -1.58. The number of aromatic nitrogens is 2. The van der Waals surface area contributed by atoms with Crippen molar-refractivity contribution >= 4 is 11.0 Å². The van der Waals surface area contributed by atoms with E-state index >= 15 is 0 Å². The van der Waals surface area contributed by atoms with Gasteiger partial charge in [0.1, 0.15) is 0 Å². The van der Waals surface area contributed by atoms with Gasteiger partial charge in [0.05, 0.1) is 18.2 Å². The topological polar surface area (TPSA) is 48.2 Å². The van der Waals surface area contributed by atoms with E-state index < -0.39 is 0 Å². The van der Waals surface area contributed by atoms with Gasteiger partial charge in [0, 0.05) is 6.20 Å². The lowest BCUT2D eigenvalue weighted by molar-refractivity contribution is 0.378. The molecule has 0 radical (unpaired) electrons. The van der Waals surface area contributed by atoms with E-state index in [2.05, 4.69) is 10.1 Å². The molecule has 2 aromatic heterocycles. The van der Waals surface area contributed by atoms with Gasteiger partial charge in [-0.05, 0) is 13.0 Å². The summed E-state index contributed by atoms with van der Waals surface area (Å²) in [4.78, 5) is 3.98. The maximum absolute atomic E-state index is 5.03. The summed E-state index contributed by atoms with van der Waals surface area (Å²) in [5.41, 5.74) is 1.46. The van der Waals surface area contributed by atoms with Crippen LogP contribution in [0.4, 0.5) is 0 Å². The van der Waals surface area contributed by atoms with Crippen molar-refractivity contribution in [2.45, 2.75) is 6.92 Å². The van der Waals surface area contributed by atoms with Crippen LogP contribution in [0, 0.1) is 6.92 Å². The van der Waals surface area contributed by atoms with Crippen LogP contribution >= 0.6 is 0 Å². The quantitative estimate of drug-likeness (QED) is 0.641. The molecule has 0 aliphatic carbocycles. The molecule has 12 heavy (non-hydrogen) atoms. The first-order valence-electron chi connectivity index (χ1n) is 3.58. The molecule has 0 saturated heterocycles. The molecule has 0 saturated carbocycles. The van der Waals surface area contributed by atoms with Gasteiger partial charge in [-0.25, -0.2) is 4.98 Å². The van der Waals surface area contributed by atoms with Crippen molar-refractivity contribution in [2.75, 3.05) is 7.11 Å². The molecule has 0 N–H and O–H groups in total. The fourth-order valence-electron chi connectivity index (χ4n) is 1.11. The van der Waals surface area contributed by atoms with E-state index in [4.69, 9.17) is 9.26 Å². The smallest absolute Gasteiger partial charge is 0.260 e. The Bertz CT molecular complexity index is 408. The van der Waals surface area contributed by atoms with Gasteiger partial charge in [0.25, 0.3) is 5.88 Å². The normalized spacial score (nSPS) is 10.5. The third kappa shape index (κ3) is 0.845. The van der Waals surface area contributed by atoms with Crippen molar-refractivity contribution < 1.29 is 9.26 Å². The minimum atomic E-state index is 0.480. The van der Waals surface area contributed by atoms with E-state index in [-0.39, 0.29) is 0 Å². The van der Waals surface area contributed by atoms with Gasteiger partial charge in [0.2, 0.25) is 5.58 Å². The molecule has 0 bridgehead atoms. The van der Waals surface area contributed by atoms with Gasteiger partial charge in [-0.1, -0.05) is 5.16 Å². The number of hydrogen-bond donors (Lipinski definition) is 0. The number of nitrogens with zero attached hydrogens (tertiary/aromatic N) is 2. The van der Waals surface area contributed by atoms with Crippen LogP contribution in [0.15, 0.2) is 16.8 Å². The molecule has 2 aromatic rings. The maximum atomic E-state index is 5.03. The van der Waals surface area contributed by atoms with Crippen molar-refractivity contribution in [1.29, 1.82) is 0 Å². The molecule has 0 aromatic carbocycles. The largest absolute Gasteiger partial charge is 0.478 e. The summed E-state index contributed by atoms with van der Waals surface area (Å²) >= 11 is 0. The lowest BCUT2D eigenvalue weighted by atomic mass is 10.3. The fourth-order valence-corrected chi connectivity index (χ4v) is 1.11. The van der Waals surface area contributed by atoms with Crippen molar-refractivity contribution in [2.24, 2.45) is 0 Å². The second kappa shape index (κ2) is 2.48. The highest BCUT2D eigenvalue weighted by Gasteiger charge is 2.09. The summed E-state index contributed by atoms with van der Waals surface area (Å²) in [6, 6.07) is 1.85. The van der Waals surface area contributed by atoms with Crippen LogP contribution in [0.5, 0.6) is 5.88 Å². The molecule has 4 heteroatoms. The third-order valence-corrected chi connectivity index (χ3v) is 1.73. The SMILES string of the molecule is COc1nccc2c(C)noc12. The van der Waals surface area contributed by atoms with Gasteiger partial charge in [-0.3, -0.25) is 0 Å². The van der Waals surface area contributed by atoms with E-state index in [1.165, 1.54) is 0 Å². The van der Waals surface area contributed by atoms with Crippen LogP contribution in [0.1, 0.15) is 5.69 Å². The molecule has 0 aliphatic rings. The second-order valence-corrected chi connectivity index (χ2v) is 2.46. The zero-order valence-corrected chi connectivity index (χ0v) is 6.87. The Morgan fingerprint density at radius 1 is 1.50 bits per heavy atom. The number of aryl methyl sites for hydroxylation is 1.